The van der Waals surface area contributed by atoms with E-state index in [-0.39, 0.29) is 18.7 Å². The van der Waals surface area contributed by atoms with E-state index >= 15 is 0 Å². The van der Waals surface area contributed by atoms with Crippen LogP contribution in [0.5, 0.6) is 0 Å². The van der Waals surface area contributed by atoms with E-state index in [1.165, 1.54) is 12.1 Å². The number of nitrogens with zero attached hydrogens (tertiary/aromatic N) is 1. The third-order valence-corrected chi connectivity index (χ3v) is 2.78. The first-order valence-corrected chi connectivity index (χ1v) is 6.23. The van der Waals surface area contributed by atoms with Crippen LogP contribution < -0.4 is 5.73 Å². The Kier molecular flexibility index (Phi) is 5.88. The summed E-state index contributed by atoms with van der Waals surface area (Å²) in [6.45, 7) is 0.612. The molecule has 1 aromatic rings. The van der Waals surface area contributed by atoms with Crippen molar-refractivity contribution in [2.45, 2.75) is 25.6 Å². The normalized spacial score (nSPS) is 13.8. The van der Waals surface area contributed by atoms with E-state index in [2.05, 4.69) is 0 Å². The summed E-state index contributed by atoms with van der Waals surface area (Å²) < 4.78 is 63.8. The van der Waals surface area contributed by atoms with Gasteiger partial charge in [-0.1, -0.05) is 19.1 Å². The van der Waals surface area contributed by atoms with Gasteiger partial charge in [-0.15, -0.1) is 0 Å². The fourth-order valence-electron chi connectivity index (χ4n) is 1.99. The lowest BCUT2D eigenvalue weighted by Gasteiger charge is -2.26. The average molecular weight is 296 g/mol. The zero-order valence-electron chi connectivity index (χ0n) is 11.1. The Morgan fingerprint density at radius 1 is 1.25 bits per heavy atom. The maximum absolute atomic E-state index is 13.5. The average Bonchev–Trinajstić information content (AvgIpc) is 2.30. The van der Waals surface area contributed by atoms with E-state index in [1.54, 1.807) is 6.92 Å². The summed E-state index contributed by atoms with van der Waals surface area (Å²) in [5.74, 6) is -2.17. The topological polar surface area (TPSA) is 29.3 Å². The molecule has 1 unspecified atom stereocenters. The predicted molar refractivity (Wildman–Crippen MR) is 66.1 cm³/mol. The summed E-state index contributed by atoms with van der Waals surface area (Å²) in [6.07, 6.45) is -3.84. The Hall–Kier alpha value is -1.21. The Morgan fingerprint density at radius 2 is 1.90 bits per heavy atom. The van der Waals surface area contributed by atoms with Crippen molar-refractivity contribution in [3.8, 4) is 0 Å². The van der Waals surface area contributed by atoms with E-state index in [1.807, 2.05) is 0 Å². The number of benzene rings is 1. The van der Waals surface area contributed by atoms with Crippen molar-refractivity contribution in [2.24, 2.45) is 5.73 Å². The molecule has 1 atom stereocenters. The van der Waals surface area contributed by atoms with Gasteiger partial charge in [-0.05, 0) is 19.0 Å². The van der Waals surface area contributed by atoms with Gasteiger partial charge in [0.05, 0.1) is 6.54 Å². The minimum absolute atomic E-state index is 0.117. The summed E-state index contributed by atoms with van der Waals surface area (Å²) in [7, 11) is 0. The molecule has 0 aliphatic carbocycles. The lowest BCUT2D eigenvalue weighted by Crippen LogP contribution is -2.39. The van der Waals surface area contributed by atoms with Crippen LogP contribution in [-0.2, 0) is 0 Å². The monoisotopic (exact) mass is 296 g/mol. The Labute approximate surface area is 114 Å². The van der Waals surface area contributed by atoms with Crippen LogP contribution in [0.25, 0.3) is 0 Å². The number of rotatable bonds is 6. The molecule has 0 heterocycles. The minimum atomic E-state index is -4.35. The molecular formula is C13H17F5N2. The number of hydrogen-bond donors (Lipinski definition) is 1. The zero-order valence-corrected chi connectivity index (χ0v) is 11.1. The lowest BCUT2D eigenvalue weighted by molar-refractivity contribution is -0.146. The Balaban J connectivity index is 2.79. The van der Waals surface area contributed by atoms with Crippen LogP contribution in [0, 0.1) is 11.6 Å². The van der Waals surface area contributed by atoms with Gasteiger partial charge in [0, 0.05) is 18.2 Å². The largest absolute Gasteiger partial charge is 0.401 e. The van der Waals surface area contributed by atoms with Crippen LogP contribution in [0.3, 0.4) is 0 Å². The zero-order chi connectivity index (χ0) is 15.3. The highest BCUT2D eigenvalue weighted by molar-refractivity contribution is 5.22. The van der Waals surface area contributed by atoms with Crippen LogP contribution in [0.1, 0.15) is 24.9 Å². The third kappa shape index (κ3) is 5.05. The molecule has 0 amide bonds. The molecule has 0 fully saturated rings. The molecule has 114 valence electrons. The first-order valence-electron chi connectivity index (χ1n) is 6.23. The van der Waals surface area contributed by atoms with E-state index in [4.69, 9.17) is 5.73 Å². The maximum atomic E-state index is 13.5. The quantitative estimate of drug-likeness (QED) is 0.817. The summed E-state index contributed by atoms with van der Waals surface area (Å²) >= 11 is 0. The van der Waals surface area contributed by atoms with Crippen LogP contribution in [0.2, 0.25) is 0 Å². The van der Waals surface area contributed by atoms with Gasteiger partial charge >= 0.3 is 6.18 Å². The second-order valence-corrected chi connectivity index (χ2v) is 4.60. The highest BCUT2D eigenvalue weighted by Gasteiger charge is 2.31. The highest BCUT2D eigenvalue weighted by atomic mass is 19.4. The molecule has 2 N–H and O–H groups in total. The van der Waals surface area contributed by atoms with Gasteiger partial charge in [0.25, 0.3) is 0 Å². The molecule has 1 rings (SSSR count). The third-order valence-electron chi connectivity index (χ3n) is 2.78. The number of hydrogen-bond acceptors (Lipinski definition) is 2. The van der Waals surface area contributed by atoms with Gasteiger partial charge in [0.15, 0.2) is 11.6 Å². The molecule has 0 spiro atoms. The van der Waals surface area contributed by atoms with Gasteiger partial charge in [0.2, 0.25) is 0 Å². The lowest BCUT2D eigenvalue weighted by atomic mass is 10.1. The summed E-state index contributed by atoms with van der Waals surface area (Å²) in [5.41, 5.74) is 5.58. The molecule has 0 aliphatic heterocycles. The first-order chi connectivity index (χ1) is 9.24. The Morgan fingerprint density at radius 3 is 2.45 bits per heavy atom. The number of halogens is 5. The van der Waals surface area contributed by atoms with E-state index in [0.29, 0.717) is 6.42 Å². The summed E-state index contributed by atoms with van der Waals surface area (Å²) in [4.78, 5) is 1.09. The summed E-state index contributed by atoms with van der Waals surface area (Å²) in [6, 6.07) is 2.48. The molecule has 7 heteroatoms. The van der Waals surface area contributed by atoms with Gasteiger partial charge in [-0.25, -0.2) is 8.78 Å². The molecule has 0 radical (unpaired) electrons. The Bertz CT molecular complexity index is 433. The smallest absolute Gasteiger partial charge is 0.323 e. The van der Waals surface area contributed by atoms with E-state index in [0.717, 1.165) is 11.0 Å². The second-order valence-electron chi connectivity index (χ2n) is 4.60. The molecule has 20 heavy (non-hydrogen) atoms. The van der Waals surface area contributed by atoms with Crippen molar-refractivity contribution in [1.82, 2.24) is 4.90 Å². The molecular weight excluding hydrogens is 279 g/mol. The van der Waals surface area contributed by atoms with Crippen LogP contribution in [-0.4, -0.2) is 30.7 Å². The number of alkyl halides is 3. The maximum Gasteiger partial charge on any atom is 0.401 e. The molecule has 0 aromatic heterocycles. The van der Waals surface area contributed by atoms with Gasteiger partial charge in [-0.3, -0.25) is 4.90 Å². The fourth-order valence-corrected chi connectivity index (χ4v) is 1.99. The minimum Gasteiger partial charge on any atom is -0.323 e. The van der Waals surface area contributed by atoms with Gasteiger partial charge in [-0.2, -0.15) is 13.2 Å². The van der Waals surface area contributed by atoms with Crippen LogP contribution in [0.15, 0.2) is 18.2 Å². The fraction of sp³-hybridized carbons (Fsp3) is 0.538. The molecule has 2 nitrogen and oxygen atoms in total. The van der Waals surface area contributed by atoms with Crippen LogP contribution in [0.4, 0.5) is 22.0 Å². The summed E-state index contributed by atoms with van der Waals surface area (Å²) in [5, 5.41) is 0. The van der Waals surface area contributed by atoms with Crippen molar-refractivity contribution in [1.29, 1.82) is 0 Å². The molecule has 0 saturated heterocycles. The van der Waals surface area contributed by atoms with Gasteiger partial charge < -0.3 is 5.73 Å². The van der Waals surface area contributed by atoms with Crippen molar-refractivity contribution < 1.29 is 22.0 Å². The SMILES string of the molecule is CCCN(CC(N)c1cccc(F)c1F)CC(F)(F)F. The second kappa shape index (κ2) is 6.99. The van der Waals surface area contributed by atoms with Crippen molar-refractivity contribution in [3.05, 3.63) is 35.4 Å². The van der Waals surface area contributed by atoms with E-state index < -0.39 is 30.4 Å². The number of nitrogens with two attached hydrogens (primary N) is 1. The molecule has 0 bridgehead atoms. The molecule has 0 aliphatic rings. The molecule has 0 saturated carbocycles. The van der Waals surface area contributed by atoms with Crippen molar-refractivity contribution >= 4 is 0 Å². The highest BCUT2D eigenvalue weighted by Crippen LogP contribution is 2.21. The van der Waals surface area contributed by atoms with E-state index in [9.17, 15) is 22.0 Å². The van der Waals surface area contributed by atoms with Crippen molar-refractivity contribution in [2.75, 3.05) is 19.6 Å². The first kappa shape index (κ1) is 16.8. The van der Waals surface area contributed by atoms with Crippen molar-refractivity contribution in [3.63, 3.8) is 0 Å². The standard InChI is InChI=1S/C13H17F5N2/c1-2-6-20(8-13(16,17)18)7-11(19)9-4-3-5-10(14)12(9)15/h3-5,11H,2,6-8,19H2,1H3. The predicted octanol–water partition coefficient (Wildman–Crippen LogP) is 3.24. The van der Waals surface area contributed by atoms with Gasteiger partial charge in [0.1, 0.15) is 0 Å². The van der Waals surface area contributed by atoms with Crippen LogP contribution >= 0.6 is 0 Å². The molecule has 1 aromatic carbocycles.